The van der Waals surface area contributed by atoms with Crippen molar-refractivity contribution in [2.24, 2.45) is 11.5 Å². The van der Waals surface area contributed by atoms with E-state index in [0.29, 0.717) is 5.69 Å². The van der Waals surface area contributed by atoms with Crippen LogP contribution in [-0.2, 0) is 0 Å². The van der Waals surface area contributed by atoms with Crippen molar-refractivity contribution in [1.82, 2.24) is 0 Å². The van der Waals surface area contributed by atoms with E-state index in [4.69, 9.17) is 21.9 Å². The molecule has 1 aromatic rings. The summed E-state index contributed by atoms with van der Waals surface area (Å²) in [4.78, 5) is 0. The molecule has 82 valence electrons. The van der Waals surface area contributed by atoms with Crippen LogP contribution in [0, 0.1) is 0 Å². The zero-order chi connectivity index (χ0) is 10.8. The van der Waals surface area contributed by atoms with Crippen LogP contribution in [0.1, 0.15) is 12.8 Å². The molecule has 0 unspecified atom stereocenters. The van der Waals surface area contributed by atoms with Gasteiger partial charge in [-0.2, -0.15) is 0 Å². The Morgan fingerprint density at radius 1 is 1.20 bits per heavy atom. The third-order valence-corrected chi connectivity index (χ3v) is 2.73. The maximum Gasteiger partial charge on any atom is 0.121 e. The molecule has 0 aromatic heterocycles. The fourth-order valence-corrected chi connectivity index (χ4v) is 1.97. The van der Waals surface area contributed by atoms with E-state index in [-0.39, 0.29) is 18.2 Å². The van der Waals surface area contributed by atoms with Gasteiger partial charge in [-0.15, -0.1) is 0 Å². The van der Waals surface area contributed by atoms with Gasteiger partial charge in [-0.3, -0.25) is 0 Å². The number of nitrogen functional groups attached to an aromatic ring is 1. The second kappa shape index (κ2) is 4.08. The average molecular weight is 207 g/mol. The van der Waals surface area contributed by atoms with Gasteiger partial charge in [0.2, 0.25) is 0 Å². The van der Waals surface area contributed by atoms with Crippen LogP contribution in [0.4, 0.5) is 5.69 Å². The van der Waals surface area contributed by atoms with Gasteiger partial charge in [0.15, 0.2) is 0 Å². The molecule has 1 aliphatic carbocycles. The van der Waals surface area contributed by atoms with E-state index in [9.17, 15) is 0 Å². The van der Waals surface area contributed by atoms with Crippen LogP contribution in [0.3, 0.4) is 0 Å². The predicted octanol–water partition coefficient (Wildman–Crippen LogP) is 0.465. The van der Waals surface area contributed by atoms with Crippen molar-refractivity contribution in [1.29, 1.82) is 0 Å². The summed E-state index contributed by atoms with van der Waals surface area (Å²) in [5.74, 6) is 0.768. The molecule has 0 aliphatic heterocycles. The molecule has 0 spiro atoms. The molecule has 1 aromatic carbocycles. The van der Waals surface area contributed by atoms with Crippen molar-refractivity contribution in [3.8, 4) is 5.75 Å². The van der Waals surface area contributed by atoms with Crippen molar-refractivity contribution < 1.29 is 4.74 Å². The molecular weight excluding hydrogens is 190 g/mol. The van der Waals surface area contributed by atoms with Gasteiger partial charge in [0, 0.05) is 30.3 Å². The highest BCUT2D eigenvalue weighted by Crippen LogP contribution is 2.24. The fourth-order valence-electron chi connectivity index (χ4n) is 1.97. The van der Waals surface area contributed by atoms with E-state index < -0.39 is 0 Å². The maximum absolute atomic E-state index is 5.92. The van der Waals surface area contributed by atoms with Crippen molar-refractivity contribution in [2.45, 2.75) is 31.0 Å². The van der Waals surface area contributed by atoms with E-state index in [1.165, 1.54) is 0 Å². The summed E-state index contributed by atoms with van der Waals surface area (Å²) in [6, 6.07) is 7.56. The first-order chi connectivity index (χ1) is 7.15. The minimum atomic E-state index is 0.0156. The van der Waals surface area contributed by atoms with Crippen LogP contribution >= 0.6 is 0 Å². The Hall–Kier alpha value is -1.26. The quantitative estimate of drug-likeness (QED) is 0.615. The fraction of sp³-hybridized carbons (Fsp3) is 0.455. The second-order valence-corrected chi connectivity index (χ2v) is 4.12. The van der Waals surface area contributed by atoms with Gasteiger partial charge in [-0.05, 0) is 18.6 Å². The monoisotopic (exact) mass is 207 g/mol. The molecule has 6 N–H and O–H groups in total. The Bertz CT molecular complexity index is 342. The normalized spacial score (nSPS) is 30.4. The number of hydrogen-bond acceptors (Lipinski definition) is 4. The summed E-state index contributed by atoms with van der Waals surface area (Å²) in [6.07, 6.45) is 1.66. The average Bonchev–Trinajstić information content (AvgIpc) is 2.45. The Kier molecular flexibility index (Phi) is 2.79. The highest BCUT2D eigenvalue weighted by atomic mass is 16.5. The molecule has 15 heavy (non-hydrogen) atoms. The van der Waals surface area contributed by atoms with Crippen LogP contribution in [-0.4, -0.2) is 18.2 Å². The van der Waals surface area contributed by atoms with Gasteiger partial charge in [0.1, 0.15) is 11.9 Å². The van der Waals surface area contributed by atoms with Gasteiger partial charge >= 0.3 is 0 Å². The van der Waals surface area contributed by atoms with Crippen molar-refractivity contribution in [3.63, 3.8) is 0 Å². The minimum absolute atomic E-state index is 0.0156. The standard InChI is InChI=1S/C11H17N3O/c12-7-2-1-3-9(4-7)15-11-6-8(13)5-10(11)14/h1-4,8,10-11H,5-6,12-14H2/t8-,10+,11+/m1/s1. The lowest BCUT2D eigenvalue weighted by atomic mass is 10.2. The molecule has 0 bridgehead atoms. The van der Waals surface area contributed by atoms with Crippen LogP contribution in [0.5, 0.6) is 5.75 Å². The lowest BCUT2D eigenvalue weighted by molar-refractivity contribution is 0.190. The molecule has 1 aliphatic rings. The summed E-state index contributed by atoms with van der Waals surface area (Å²) < 4.78 is 5.75. The molecule has 0 amide bonds. The number of nitrogens with two attached hydrogens (primary N) is 3. The van der Waals surface area contributed by atoms with Crippen LogP contribution < -0.4 is 21.9 Å². The molecular formula is C11H17N3O. The molecule has 4 heteroatoms. The number of ether oxygens (including phenoxy) is 1. The lowest BCUT2D eigenvalue weighted by Crippen LogP contribution is -2.33. The SMILES string of the molecule is Nc1cccc(O[C@H]2C[C@H](N)C[C@@H]2N)c1. The predicted molar refractivity (Wildman–Crippen MR) is 60.5 cm³/mol. The van der Waals surface area contributed by atoms with Crippen LogP contribution in [0.2, 0.25) is 0 Å². The first kappa shape index (κ1) is 10.3. The molecule has 2 rings (SSSR count). The van der Waals surface area contributed by atoms with E-state index >= 15 is 0 Å². The maximum atomic E-state index is 5.92. The summed E-state index contributed by atoms with van der Waals surface area (Å²) in [5, 5.41) is 0. The Morgan fingerprint density at radius 2 is 2.00 bits per heavy atom. The van der Waals surface area contributed by atoms with Gasteiger partial charge in [0.05, 0.1) is 0 Å². The lowest BCUT2D eigenvalue weighted by Gasteiger charge is -2.17. The van der Waals surface area contributed by atoms with E-state index in [1.54, 1.807) is 6.07 Å². The third kappa shape index (κ3) is 2.40. The third-order valence-electron chi connectivity index (χ3n) is 2.73. The summed E-state index contributed by atoms with van der Waals surface area (Å²) in [7, 11) is 0. The summed E-state index contributed by atoms with van der Waals surface area (Å²) in [6.45, 7) is 0. The largest absolute Gasteiger partial charge is 0.489 e. The van der Waals surface area contributed by atoms with E-state index in [0.717, 1.165) is 18.6 Å². The number of hydrogen-bond donors (Lipinski definition) is 3. The molecule has 3 atom stereocenters. The number of anilines is 1. The topological polar surface area (TPSA) is 87.3 Å². The Balaban J connectivity index is 2.03. The molecule has 4 nitrogen and oxygen atoms in total. The molecule has 0 saturated heterocycles. The van der Waals surface area contributed by atoms with Gasteiger partial charge in [-0.1, -0.05) is 6.07 Å². The van der Waals surface area contributed by atoms with E-state index in [2.05, 4.69) is 0 Å². The molecule has 1 fully saturated rings. The smallest absolute Gasteiger partial charge is 0.121 e. The van der Waals surface area contributed by atoms with Gasteiger partial charge < -0.3 is 21.9 Å². The highest BCUT2D eigenvalue weighted by molar-refractivity contribution is 5.43. The van der Waals surface area contributed by atoms with Gasteiger partial charge in [0.25, 0.3) is 0 Å². The summed E-state index contributed by atoms with van der Waals surface area (Å²) in [5.41, 5.74) is 18.1. The van der Waals surface area contributed by atoms with Gasteiger partial charge in [-0.25, -0.2) is 0 Å². The molecule has 0 radical (unpaired) electrons. The zero-order valence-corrected chi connectivity index (χ0v) is 8.60. The van der Waals surface area contributed by atoms with E-state index in [1.807, 2.05) is 18.2 Å². The first-order valence-electron chi connectivity index (χ1n) is 5.18. The first-order valence-corrected chi connectivity index (χ1v) is 5.18. The second-order valence-electron chi connectivity index (χ2n) is 4.12. The van der Waals surface area contributed by atoms with Crippen LogP contribution in [0.25, 0.3) is 0 Å². The minimum Gasteiger partial charge on any atom is -0.489 e. The van der Waals surface area contributed by atoms with Crippen molar-refractivity contribution >= 4 is 5.69 Å². The van der Waals surface area contributed by atoms with Crippen molar-refractivity contribution in [2.75, 3.05) is 5.73 Å². The zero-order valence-electron chi connectivity index (χ0n) is 8.60. The Labute approximate surface area is 89.4 Å². The molecule has 1 saturated carbocycles. The van der Waals surface area contributed by atoms with Crippen molar-refractivity contribution in [3.05, 3.63) is 24.3 Å². The number of rotatable bonds is 2. The van der Waals surface area contributed by atoms with Crippen LogP contribution in [0.15, 0.2) is 24.3 Å². The highest BCUT2D eigenvalue weighted by Gasteiger charge is 2.31. The molecule has 0 heterocycles. The number of benzene rings is 1. The summed E-state index contributed by atoms with van der Waals surface area (Å²) >= 11 is 0. The Morgan fingerprint density at radius 3 is 2.60 bits per heavy atom.